The van der Waals surface area contributed by atoms with Crippen molar-refractivity contribution >= 4 is 21.9 Å². The Balaban J connectivity index is 2.10. The Labute approximate surface area is 121 Å². The van der Waals surface area contributed by atoms with Gasteiger partial charge in [-0.25, -0.2) is 0 Å². The first-order chi connectivity index (χ1) is 9.11. The van der Waals surface area contributed by atoms with Gasteiger partial charge in [0, 0.05) is 17.6 Å². The van der Waals surface area contributed by atoms with Crippen LogP contribution in [-0.4, -0.2) is 41.7 Å². The van der Waals surface area contributed by atoms with E-state index in [1.165, 1.54) is 0 Å². The maximum atomic E-state index is 11.2. The van der Waals surface area contributed by atoms with E-state index in [1.807, 2.05) is 36.1 Å². The highest BCUT2D eigenvalue weighted by molar-refractivity contribution is 9.10. The quantitative estimate of drug-likeness (QED) is 0.923. The average Bonchev–Trinajstić information content (AvgIpc) is 2.39. The summed E-state index contributed by atoms with van der Waals surface area (Å²) in [7, 11) is 0. The van der Waals surface area contributed by atoms with Crippen molar-refractivity contribution < 1.29 is 14.6 Å². The van der Waals surface area contributed by atoms with Gasteiger partial charge in [-0.15, -0.1) is 0 Å². The molecule has 1 aromatic rings. The van der Waals surface area contributed by atoms with Crippen molar-refractivity contribution in [3.05, 3.63) is 34.3 Å². The number of ether oxygens (including phenoxy) is 1. The number of aliphatic carboxylic acids is 1. The maximum absolute atomic E-state index is 11.2. The van der Waals surface area contributed by atoms with Gasteiger partial charge in [0.05, 0.1) is 12.7 Å². The lowest BCUT2D eigenvalue weighted by atomic mass is 10.1. The molecule has 1 saturated heterocycles. The van der Waals surface area contributed by atoms with E-state index in [0.29, 0.717) is 26.1 Å². The third-order valence-corrected chi connectivity index (χ3v) is 3.92. The largest absolute Gasteiger partial charge is 0.480 e. The second-order valence-corrected chi connectivity index (χ2v) is 5.59. The standard InChI is InChI=1S/C14H18BrNO3/c1-2-12(14(17)18)16-6-7-19-13(9-16)10-4-3-5-11(15)8-10/h3-5,8,12-13H,2,6-7,9H2,1H3,(H,17,18)/t12-,13+/m0/s1. The van der Waals surface area contributed by atoms with Crippen molar-refractivity contribution in [2.45, 2.75) is 25.5 Å². The van der Waals surface area contributed by atoms with Gasteiger partial charge in [0.15, 0.2) is 0 Å². The molecule has 0 amide bonds. The van der Waals surface area contributed by atoms with E-state index in [9.17, 15) is 9.90 Å². The van der Waals surface area contributed by atoms with E-state index < -0.39 is 12.0 Å². The van der Waals surface area contributed by atoms with E-state index in [0.717, 1.165) is 10.0 Å². The highest BCUT2D eigenvalue weighted by atomic mass is 79.9. The molecular weight excluding hydrogens is 310 g/mol. The van der Waals surface area contributed by atoms with Crippen LogP contribution in [0.2, 0.25) is 0 Å². The first-order valence-corrected chi connectivity index (χ1v) is 7.25. The SMILES string of the molecule is CC[C@@H](C(=O)O)N1CCO[C@@H](c2cccc(Br)c2)C1. The van der Waals surface area contributed by atoms with Gasteiger partial charge in [-0.3, -0.25) is 9.69 Å². The highest BCUT2D eigenvalue weighted by Crippen LogP contribution is 2.26. The fourth-order valence-electron chi connectivity index (χ4n) is 2.45. The average molecular weight is 328 g/mol. The van der Waals surface area contributed by atoms with E-state index >= 15 is 0 Å². The molecule has 1 aliphatic rings. The number of carbonyl (C=O) groups is 1. The van der Waals surface area contributed by atoms with Crippen molar-refractivity contribution in [1.82, 2.24) is 4.90 Å². The van der Waals surface area contributed by atoms with Gasteiger partial charge in [0.25, 0.3) is 0 Å². The molecule has 0 unspecified atom stereocenters. The van der Waals surface area contributed by atoms with E-state index in [1.54, 1.807) is 0 Å². The molecule has 1 aliphatic heterocycles. The zero-order valence-corrected chi connectivity index (χ0v) is 12.5. The molecule has 0 bridgehead atoms. The molecule has 0 aromatic heterocycles. The number of carboxylic acid groups (broad SMARTS) is 1. The minimum absolute atomic E-state index is 0.0559. The summed E-state index contributed by atoms with van der Waals surface area (Å²) in [5.41, 5.74) is 1.08. The predicted octanol–water partition coefficient (Wildman–Crippen LogP) is 2.69. The van der Waals surface area contributed by atoms with Crippen molar-refractivity contribution in [2.24, 2.45) is 0 Å². The van der Waals surface area contributed by atoms with Crippen LogP contribution < -0.4 is 0 Å². The zero-order chi connectivity index (χ0) is 13.8. The van der Waals surface area contributed by atoms with Crippen LogP contribution in [0, 0.1) is 0 Å². The molecule has 1 heterocycles. The molecule has 2 rings (SSSR count). The molecule has 104 valence electrons. The van der Waals surface area contributed by atoms with E-state index in [4.69, 9.17) is 4.74 Å². The van der Waals surface area contributed by atoms with Gasteiger partial charge < -0.3 is 9.84 Å². The van der Waals surface area contributed by atoms with Crippen LogP contribution in [0.15, 0.2) is 28.7 Å². The van der Waals surface area contributed by atoms with E-state index in [2.05, 4.69) is 15.9 Å². The zero-order valence-electron chi connectivity index (χ0n) is 10.9. The minimum atomic E-state index is -0.752. The van der Waals surface area contributed by atoms with Crippen LogP contribution in [0.3, 0.4) is 0 Å². The van der Waals surface area contributed by atoms with Gasteiger partial charge >= 0.3 is 5.97 Å². The summed E-state index contributed by atoms with van der Waals surface area (Å²) in [6, 6.07) is 7.56. The number of rotatable bonds is 4. The highest BCUT2D eigenvalue weighted by Gasteiger charge is 2.30. The van der Waals surface area contributed by atoms with Crippen LogP contribution in [-0.2, 0) is 9.53 Å². The molecule has 0 radical (unpaired) electrons. The number of hydrogen-bond donors (Lipinski definition) is 1. The lowest BCUT2D eigenvalue weighted by Gasteiger charge is -2.36. The third-order valence-electron chi connectivity index (χ3n) is 3.43. The molecule has 19 heavy (non-hydrogen) atoms. The first-order valence-electron chi connectivity index (χ1n) is 6.45. The first kappa shape index (κ1) is 14.5. The van der Waals surface area contributed by atoms with Crippen molar-refractivity contribution in [3.8, 4) is 0 Å². The number of benzene rings is 1. The van der Waals surface area contributed by atoms with Crippen LogP contribution in [0.4, 0.5) is 0 Å². The smallest absolute Gasteiger partial charge is 0.320 e. The third kappa shape index (κ3) is 3.55. The van der Waals surface area contributed by atoms with Gasteiger partial charge in [0.1, 0.15) is 6.04 Å². The van der Waals surface area contributed by atoms with Crippen LogP contribution in [0.1, 0.15) is 25.0 Å². The molecule has 5 heteroatoms. The van der Waals surface area contributed by atoms with Gasteiger partial charge in [-0.05, 0) is 24.1 Å². The molecule has 4 nitrogen and oxygen atoms in total. The lowest BCUT2D eigenvalue weighted by molar-refractivity contribution is -0.147. The number of carboxylic acids is 1. The Morgan fingerprint density at radius 3 is 3.05 bits per heavy atom. The molecule has 2 atom stereocenters. The Hall–Kier alpha value is -0.910. The second-order valence-electron chi connectivity index (χ2n) is 4.67. The maximum Gasteiger partial charge on any atom is 0.320 e. The lowest BCUT2D eigenvalue weighted by Crippen LogP contribution is -2.48. The number of morpholine rings is 1. The molecule has 1 aromatic carbocycles. The predicted molar refractivity (Wildman–Crippen MR) is 76.1 cm³/mol. The fourth-order valence-corrected chi connectivity index (χ4v) is 2.87. The number of hydrogen-bond acceptors (Lipinski definition) is 3. The molecule has 1 N–H and O–H groups in total. The molecule has 0 aliphatic carbocycles. The summed E-state index contributed by atoms with van der Waals surface area (Å²) < 4.78 is 6.78. The summed E-state index contributed by atoms with van der Waals surface area (Å²) in [5.74, 6) is -0.752. The topological polar surface area (TPSA) is 49.8 Å². The normalized spacial score (nSPS) is 22.1. The number of nitrogens with zero attached hydrogens (tertiary/aromatic N) is 1. The molecule has 0 spiro atoms. The molecule has 0 saturated carbocycles. The van der Waals surface area contributed by atoms with Crippen LogP contribution >= 0.6 is 15.9 Å². The summed E-state index contributed by atoms with van der Waals surface area (Å²) >= 11 is 3.45. The van der Waals surface area contributed by atoms with Crippen LogP contribution in [0.25, 0.3) is 0 Å². The molecular formula is C14H18BrNO3. The second kappa shape index (κ2) is 6.50. The Morgan fingerprint density at radius 2 is 2.42 bits per heavy atom. The van der Waals surface area contributed by atoms with Crippen molar-refractivity contribution in [3.63, 3.8) is 0 Å². The fraction of sp³-hybridized carbons (Fsp3) is 0.500. The van der Waals surface area contributed by atoms with Gasteiger partial charge in [0.2, 0.25) is 0 Å². The minimum Gasteiger partial charge on any atom is -0.480 e. The Morgan fingerprint density at radius 1 is 1.63 bits per heavy atom. The van der Waals surface area contributed by atoms with Crippen molar-refractivity contribution in [1.29, 1.82) is 0 Å². The number of halogens is 1. The van der Waals surface area contributed by atoms with Crippen molar-refractivity contribution in [2.75, 3.05) is 19.7 Å². The Bertz CT molecular complexity index is 452. The Kier molecular flexibility index (Phi) is 4.96. The summed E-state index contributed by atoms with van der Waals surface area (Å²) in [6.07, 6.45) is 0.556. The summed E-state index contributed by atoms with van der Waals surface area (Å²) in [5, 5.41) is 9.24. The monoisotopic (exact) mass is 327 g/mol. The van der Waals surface area contributed by atoms with E-state index in [-0.39, 0.29) is 6.10 Å². The summed E-state index contributed by atoms with van der Waals surface area (Å²) in [6.45, 7) is 3.78. The molecule has 1 fully saturated rings. The van der Waals surface area contributed by atoms with Gasteiger partial charge in [-0.1, -0.05) is 35.0 Å². The van der Waals surface area contributed by atoms with Gasteiger partial charge in [-0.2, -0.15) is 0 Å². The van der Waals surface area contributed by atoms with Crippen LogP contribution in [0.5, 0.6) is 0 Å². The summed E-state index contributed by atoms with van der Waals surface area (Å²) in [4.78, 5) is 13.2.